The van der Waals surface area contributed by atoms with Crippen molar-refractivity contribution < 1.29 is 17.6 Å². The van der Waals surface area contributed by atoms with E-state index in [4.69, 9.17) is 27.6 Å². The number of amides is 1. The number of furan rings is 1. The average Bonchev–Trinajstić information content (AvgIpc) is 3.12. The number of sulfone groups is 1. The van der Waals surface area contributed by atoms with Gasteiger partial charge in [-0.1, -0.05) is 23.2 Å². The smallest absolute Gasteiger partial charge is 0.254 e. The minimum absolute atomic E-state index is 0.0479. The molecule has 0 aliphatic carbocycles. The molecule has 0 spiro atoms. The van der Waals surface area contributed by atoms with Crippen molar-refractivity contribution in [2.24, 2.45) is 0 Å². The van der Waals surface area contributed by atoms with E-state index in [1.165, 1.54) is 29.4 Å². The SMILES string of the molecule is O=C(c1cc(Cl)cc(Cl)c1)N(Cc1ccco1)[C@H]1CCS(=O)(=O)C1. The maximum absolute atomic E-state index is 12.9. The van der Waals surface area contributed by atoms with Gasteiger partial charge in [0, 0.05) is 21.7 Å². The van der Waals surface area contributed by atoms with Crippen molar-refractivity contribution in [3.63, 3.8) is 0 Å². The van der Waals surface area contributed by atoms with E-state index < -0.39 is 15.9 Å². The lowest BCUT2D eigenvalue weighted by Gasteiger charge is -2.27. The summed E-state index contributed by atoms with van der Waals surface area (Å²) >= 11 is 12.0. The molecule has 0 N–H and O–H groups in total. The highest BCUT2D eigenvalue weighted by Gasteiger charge is 2.35. The molecule has 0 bridgehead atoms. The Balaban J connectivity index is 1.92. The second kappa shape index (κ2) is 6.78. The number of nitrogens with zero attached hydrogens (tertiary/aromatic N) is 1. The van der Waals surface area contributed by atoms with Crippen molar-refractivity contribution in [2.45, 2.75) is 19.0 Å². The molecule has 1 aromatic heterocycles. The van der Waals surface area contributed by atoms with E-state index in [-0.39, 0.29) is 24.0 Å². The highest BCUT2D eigenvalue weighted by Crippen LogP contribution is 2.25. The van der Waals surface area contributed by atoms with Gasteiger partial charge in [0.15, 0.2) is 9.84 Å². The number of carbonyl (C=O) groups is 1. The number of hydrogen-bond donors (Lipinski definition) is 0. The number of hydrogen-bond acceptors (Lipinski definition) is 4. The molecule has 1 aromatic carbocycles. The van der Waals surface area contributed by atoms with Gasteiger partial charge in [-0.3, -0.25) is 4.79 Å². The van der Waals surface area contributed by atoms with Gasteiger partial charge in [0.1, 0.15) is 5.76 Å². The molecule has 0 saturated carbocycles. The molecule has 5 nitrogen and oxygen atoms in total. The van der Waals surface area contributed by atoms with E-state index in [1.54, 1.807) is 12.1 Å². The van der Waals surface area contributed by atoms with Crippen LogP contribution in [0, 0.1) is 0 Å². The van der Waals surface area contributed by atoms with Gasteiger partial charge >= 0.3 is 0 Å². The summed E-state index contributed by atoms with van der Waals surface area (Å²) < 4.78 is 28.9. The Kier molecular flexibility index (Phi) is 4.90. The summed E-state index contributed by atoms with van der Waals surface area (Å²) in [6.45, 7) is 0.191. The number of halogens is 2. The van der Waals surface area contributed by atoms with E-state index in [2.05, 4.69) is 0 Å². The van der Waals surface area contributed by atoms with Crippen LogP contribution in [0.15, 0.2) is 41.0 Å². The van der Waals surface area contributed by atoms with Gasteiger partial charge in [-0.25, -0.2) is 8.42 Å². The lowest BCUT2D eigenvalue weighted by Crippen LogP contribution is -2.40. The van der Waals surface area contributed by atoms with E-state index in [0.29, 0.717) is 27.8 Å². The zero-order valence-electron chi connectivity index (χ0n) is 12.6. The summed E-state index contributed by atoms with van der Waals surface area (Å²) in [5.41, 5.74) is 0.323. The maximum Gasteiger partial charge on any atom is 0.254 e. The zero-order valence-corrected chi connectivity index (χ0v) is 14.9. The predicted octanol–water partition coefficient (Wildman–Crippen LogP) is 3.42. The minimum Gasteiger partial charge on any atom is -0.467 e. The molecule has 1 aliphatic heterocycles. The summed E-state index contributed by atoms with van der Waals surface area (Å²) in [6, 6.07) is 7.65. The zero-order chi connectivity index (χ0) is 17.3. The van der Waals surface area contributed by atoms with Gasteiger partial charge in [-0.2, -0.15) is 0 Å². The van der Waals surface area contributed by atoms with Crippen molar-refractivity contribution in [3.8, 4) is 0 Å². The van der Waals surface area contributed by atoms with Gasteiger partial charge in [0.2, 0.25) is 0 Å². The Morgan fingerprint density at radius 3 is 2.50 bits per heavy atom. The van der Waals surface area contributed by atoms with Crippen LogP contribution in [-0.4, -0.2) is 36.8 Å². The summed E-state index contributed by atoms with van der Waals surface area (Å²) in [4.78, 5) is 14.5. The molecule has 1 fully saturated rings. The minimum atomic E-state index is -3.13. The summed E-state index contributed by atoms with van der Waals surface area (Å²) in [7, 11) is -3.13. The fraction of sp³-hybridized carbons (Fsp3) is 0.312. The molecule has 128 valence electrons. The van der Waals surface area contributed by atoms with Crippen molar-refractivity contribution in [1.82, 2.24) is 4.90 Å². The van der Waals surface area contributed by atoms with Gasteiger partial charge in [0.25, 0.3) is 5.91 Å². The highest BCUT2D eigenvalue weighted by molar-refractivity contribution is 7.91. The Morgan fingerprint density at radius 1 is 1.25 bits per heavy atom. The van der Waals surface area contributed by atoms with Crippen LogP contribution >= 0.6 is 23.2 Å². The Morgan fingerprint density at radius 2 is 1.96 bits per heavy atom. The first-order valence-corrected chi connectivity index (χ1v) is 9.92. The van der Waals surface area contributed by atoms with E-state index >= 15 is 0 Å². The molecule has 0 unspecified atom stereocenters. The third-order valence-electron chi connectivity index (χ3n) is 3.93. The third kappa shape index (κ3) is 3.94. The second-order valence-corrected chi connectivity index (χ2v) is 8.83. The van der Waals surface area contributed by atoms with Crippen molar-refractivity contribution in [2.75, 3.05) is 11.5 Å². The number of benzene rings is 1. The van der Waals surface area contributed by atoms with Crippen LogP contribution in [0.1, 0.15) is 22.5 Å². The summed E-state index contributed by atoms with van der Waals surface area (Å²) in [5.74, 6) is 0.294. The van der Waals surface area contributed by atoms with E-state index in [1.807, 2.05) is 0 Å². The van der Waals surface area contributed by atoms with Crippen LogP contribution in [0.2, 0.25) is 10.0 Å². The molecule has 3 rings (SSSR count). The number of carbonyl (C=O) groups excluding carboxylic acids is 1. The highest BCUT2D eigenvalue weighted by atomic mass is 35.5. The average molecular weight is 388 g/mol. The first-order valence-electron chi connectivity index (χ1n) is 7.34. The van der Waals surface area contributed by atoms with Gasteiger partial charge in [0.05, 0.1) is 24.3 Å². The normalized spacial score (nSPS) is 19.3. The maximum atomic E-state index is 12.9. The Bertz CT molecular complexity index is 829. The van der Waals surface area contributed by atoms with Crippen LogP contribution in [0.25, 0.3) is 0 Å². The van der Waals surface area contributed by atoms with Crippen molar-refractivity contribution in [3.05, 3.63) is 58.0 Å². The molecule has 2 aromatic rings. The molecular formula is C16H15Cl2NO4S. The largest absolute Gasteiger partial charge is 0.467 e. The van der Waals surface area contributed by atoms with Crippen LogP contribution in [0.5, 0.6) is 0 Å². The topological polar surface area (TPSA) is 67.6 Å². The van der Waals surface area contributed by atoms with Crippen LogP contribution in [-0.2, 0) is 16.4 Å². The molecule has 1 amide bonds. The molecule has 2 heterocycles. The Labute approximate surface area is 150 Å². The molecule has 0 radical (unpaired) electrons. The molecule has 8 heteroatoms. The quantitative estimate of drug-likeness (QED) is 0.805. The first kappa shape index (κ1) is 17.3. The number of rotatable bonds is 4. The predicted molar refractivity (Wildman–Crippen MR) is 92.1 cm³/mol. The standard InChI is InChI=1S/C16H15Cl2NO4S/c17-12-6-11(7-13(18)8-12)16(20)19(9-15-2-1-4-23-15)14-3-5-24(21,22)10-14/h1-2,4,6-8,14H,3,5,9-10H2/t14-/m0/s1. The van der Waals surface area contributed by atoms with Gasteiger partial charge < -0.3 is 9.32 Å². The summed E-state index contributed by atoms with van der Waals surface area (Å²) in [5, 5.41) is 0.700. The van der Waals surface area contributed by atoms with E-state index in [9.17, 15) is 13.2 Å². The molecule has 24 heavy (non-hydrogen) atoms. The van der Waals surface area contributed by atoms with Crippen LogP contribution in [0.4, 0.5) is 0 Å². The van der Waals surface area contributed by atoms with Crippen LogP contribution < -0.4 is 0 Å². The summed E-state index contributed by atoms with van der Waals surface area (Å²) in [6.07, 6.45) is 1.92. The lowest BCUT2D eigenvalue weighted by molar-refractivity contribution is 0.0666. The Hall–Kier alpha value is -1.50. The molecule has 1 saturated heterocycles. The molecule has 1 atom stereocenters. The molecule has 1 aliphatic rings. The second-order valence-electron chi connectivity index (χ2n) is 5.73. The first-order chi connectivity index (χ1) is 11.3. The monoisotopic (exact) mass is 387 g/mol. The molecular weight excluding hydrogens is 373 g/mol. The van der Waals surface area contributed by atoms with Gasteiger partial charge in [-0.05, 0) is 36.8 Å². The third-order valence-corrected chi connectivity index (χ3v) is 6.11. The van der Waals surface area contributed by atoms with Crippen molar-refractivity contribution in [1.29, 1.82) is 0 Å². The van der Waals surface area contributed by atoms with E-state index in [0.717, 1.165) is 0 Å². The van der Waals surface area contributed by atoms with Crippen LogP contribution in [0.3, 0.4) is 0 Å². The fourth-order valence-corrected chi connectivity index (χ4v) is 5.06. The van der Waals surface area contributed by atoms with Crippen molar-refractivity contribution >= 4 is 38.9 Å². The van der Waals surface area contributed by atoms with Gasteiger partial charge in [-0.15, -0.1) is 0 Å². The fourth-order valence-electron chi connectivity index (χ4n) is 2.80. The lowest BCUT2D eigenvalue weighted by atomic mass is 10.1.